The molecule has 0 radical (unpaired) electrons. The van der Waals surface area contributed by atoms with Crippen LogP contribution >= 0.6 is 11.3 Å². The normalized spacial score (nSPS) is 20.6. The number of nitrogens with zero attached hydrogens (tertiary/aromatic N) is 4. The van der Waals surface area contributed by atoms with Crippen molar-refractivity contribution in [2.75, 3.05) is 11.9 Å². The van der Waals surface area contributed by atoms with E-state index in [1.807, 2.05) is 12.1 Å². The number of imidazole rings is 1. The average molecular weight is 382 g/mol. The Morgan fingerprint density at radius 3 is 2.89 bits per heavy atom. The van der Waals surface area contributed by atoms with E-state index < -0.39 is 0 Å². The second-order valence-corrected chi connectivity index (χ2v) is 8.66. The lowest BCUT2D eigenvalue weighted by molar-refractivity contribution is 0.458. The Hall–Kier alpha value is -2.21. The number of H-pyrrole nitrogens is 1. The molecule has 0 unspecified atom stereocenters. The lowest BCUT2D eigenvalue weighted by atomic mass is 10.00. The summed E-state index contributed by atoms with van der Waals surface area (Å²) in [5.74, 6) is 1.57. The zero-order valence-electron chi connectivity index (χ0n) is 16.3. The third kappa shape index (κ3) is 3.50. The van der Waals surface area contributed by atoms with Crippen molar-refractivity contribution in [3.05, 3.63) is 30.0 Å². The van der Waals surface area contributed by atoms with E-state index in [1.54, 1.807) is 17.5 Å². The molecular weight excluding hydrogens is 354 g/mol. The Balaban J connectivity index is 1.61. The van der Waals surface area contributed by atoms with Crippen LogP contribution < -0.4 is 4.90 Å². The third-order valence-electron chi connectivity index (χ3n) is 5.75. The molecule has 2 atom stereocenters. The fourth-order valence-electron chi connectivity index (χ4n) is 4.05. The fourth-order valence-corrected chi connectivity index (χ4v) is 4.99. The molecule has 5 nitrogen and oxygen atoms in total. The van der Waals surface area contributed by atoms with Crippen LogP contribution in [0.4, 0.5) is 5.13 Å². The highest BCUT2D eigenvalue weighted by atomic mass is 32.1. The quantitative estimate of drug-likeness (QED) is 0.612. The van der Waals surface area contributed by atoms with Crippen LogP contribution in [0.5, 0.6) is 0 Å². The molecule has 0 spiro atoms. The van der Waals surface area contributed by atoms with Gasteiger partial charge in [-0.1, -0.05) is 50.2 Å². The summed E-state index contributed by atoms with van der Waals surface area (Å²) >= 11 is 1.66. The number of aromatic nitrogens is 4. The van der Waals surface area contributed by atoms with E-state index in [0.717, 1.165) is 44.2 Å². The molecule has 3 aromatic rings. The number of hydrogen-bond donors (Lipinski definition) is 1. The minimum atomic E-state index is 0.574. The molecular formula is C21H27N5S. The molecule has 1 N–H and O–H groups in total. The van der Waals surface area contributed by atoms with Gasteiger partial charge in [-0.2, -0.15) is 0 Å². The molecule has 4 rings (SSSR count). The summed E-state index contributed by atoms with van der Waals surface area (Å²) in [6.07, 6.45) is 10.2. The van der Waals surface area contributed by atoms with Gasteiger partial charge in [0.25, 0.3) is 0 Å². The molecule has 0 amide bonds. The minimum absolute atomic E-state index is 0.574. The van der Waals surface area contributed by atoms with Gasteiger partial charge in [0.1, 0.15) is 5.69 Å². The fraction of sp³-hybridized carbons (Fsp3) is 0.476. The number of fused-ring (bicyclic) bond motifs is 1. The van der Waals surface area contributed by atoms with Crippen molar-refractivity contribution in [3.8, 4) is 11.5 Å². The van der Waals surface area contributed by atoms with Crippen LogP contribution in [0, 0.1) is 12.8 Å². The summed E-state index contributed by atoms with van der Waals surface area (Å²) in [4.78, 5) is 20.8. The first-order valence-corrected chi connectivity index (χ1v) is 10.6. The largest absolute Gasteiger partial charge is 0.348 e. The van der Waals surface area contributed by atoms with Crippen molar-refractivity contribution in [3.63, 3.8) is 0 Å². The van der Waals surface area contributed by atoms with E-state index in [1.165, 1.54) is 32.1 Å². The average Bonchev–Trinajstić information content (AvgIpc) is 3.15. The van der Waals surface area contributed by atoms with Crippen molar-refractivity contribution in [2.45, 2.75) is 52.0 Å². The lowest BCUT2D eigenvalue weighted by Gasteiger charge is -2.28. The Bertz CT molecular complexity index is 925. The van der Waals surface area contributed by atoms with Gasteiger partial charge in [-0.25, -0.2) is 9.97 Å². The van der Waals surface area contributed by atoms with Gasteiger partial charge in [0.05, 0.1) is 0 Å². The smallest absolute Gasteiger partial charge is 0.189 e. The number of rotatable bonds is 4. The first kappa shape index (κ1) is 18.2. The van der Waals surface area contributed by atoms with Crippen molar-refractivity contribution < 1.29 is 0 Å². The molecule has 142 valence electrons. The molecule has 1 fully saturated rings. The second-order valence-electron chi connectivity index (χ2n) is 7.70. The van der Waals surface area contributed by atoms with Crippen LogP contribution in [0.25, 0.3) is 28.1 Å². The van der Waals surface area contributed by atoms with Gasteiger partial charge in [-0.3, -0.25) is 4.98 Å². The van der Waals surface area contributed by atoms with Crippen LogP contribution in [-0.4, -0.2) is 33.0 Å². The molecule has 0 saturated heterocycles. The number of nitrogens with one attached hydrogen (secondary N) is 1. The Labute approximate surface area is 164 Å². The molecule has 0 aliphatic heterocycles. The molecule has 0 bridgehead atoms. The van der Waals surface area contributed by atoms with E-state index in [2.05, 4.69) is 42.3 Å². The van der Waals surface area contributed by atoms with Gasteiger partial charge in [0.15, 0.2) is 21.4 Å². The van der Waals surface area contributed by atoms with E-state index in [-0.39, 0.29) is 0 Å². The van der Waals surface area contributed by atoms with Gasteiger partial charge < -0.3 is 9.88 Å². The van der Waals surface area contributed by atoms with Crippen LogP contribution in [0.15, 0.2) is 18.8 Å². The van der Waals surface area contributed by atoms with Gasteiger partial charge in [0.2, 0.25) is 0 Å². The zero-order chi connectivity index (χ0) is 19.0. The molecule has 6 heteroatoms. The standard InChI is InChI=1S/C21H27N5S/c1-5-15-10-11-22-17(14(15)3)18-23-19-20(24-18)27-21(25-19)26(4)16-9-7-6-8-13(2)12-16/h5,10-11,13,16H,1,6-9,12H2,2-4H3,(H,23,24)/t13-,16+/m0/s1. The molecule has 1 saturated carbocycles. The van der Waals surface area contributed by atoms with Crippen molar-refractivity contribution in [1.29, 1.82) is 0 Å². The molecule has 27 heavy (non-hydrogen) atoms. The van der Waals surface area contributed by atoms with Gasteiger partial charge in [-0.05, 0) is 42.9 Å². The summed E-state index contributed by atoms with van der Waals surface area (Å²) in [6, 6.07) is 2.54. The summed E-state index contributed by atoms with van der Waals surface area (Å²) in [5, 5.41) is 1.05. The predicted molar refractivity (Wildman–Crippen MR) is 114 cm³/mol. The van der Waals surface area contributed by atoms with Crippen LogP contribution in [0.3, 0.4) is 0 Å². The van der Waals surface area contributed by atoms with Crippen LogP contribution in [0.1, 0.15) is 50.2 Å². The van der Waals surface area contributed by atoms with E-state index in [9.17, 15) is 0 Å². The molecule has 0 aromatic carbocycles. The molecule has 3 aromatic heterocycles. The Morgan fingerprint density at radius 1 is 1.30 bits per heavy atom. The highest BCUT2D eigenvalue weighted by molar-refractivity contribution is 7.21. The number of aromatic amines is 1. The highest BCUT2D eigenvalue weighted by Gasteiger charge is 2.24. The predicted octanol–water partition coefficient (Wildman–Crippen LogP) is 5.44. The highest BCUT2D eigenvalue weighted by Crippen LogP contribution is 2.34. The monoisotopic (exact) mass is 381 g/mol. The number of hydrogen-bond acceptors (Lipinski definition) is 5. The second kappa shape index (κ2) is 7.43. The first-order chi connectivity index (χ1) is 13.1. The summed E-state index contributed by atoms with van der Waals surface area (Å²) < 4.78 is 0. The van der Waals surface area contributed by atoms with Crippen molar-refractivity contribution in [2.24, 2.45) is 5.92 Å². The Morgan fingerprint density at radius 2 is 2.11 bits per heavy atom. The Kier molecular flexibility index (Phi) is 5.00. The van der Waals surface area contributed by atoms with Gasteiger partial charge >= 0.3 is 0 Å². The molecule has 1 aliphatic carbocycles. The topological polar surface area (TPSA) is 57.7 Å². The number of pyridine rings is 1. The zero-order valence-corrected chi connectivity index (χ0v) is 17.1. The minimum Gasteiger partial charge on any atom is -0.348 e. The molecule has 3 heterocycles. The lowest BCUT2D eigenvalue weighted by Crippen LogP contribution is -2.32. The SMILES string of the molecule is C=Cc1ccnc(-c2nc3sc(N(C)[C@@H]4CCCC[C@H](C)C4)nc3[nH]2)c1C. The van der Waals surface area contributed by atoms with E-state index >= 15 is 0 Å². The van der Waals surface area contributed by atoms with Gasteiger partial charge in [0, 0.05) is 19.3 Å². The maximum Gasteiger partial charge on any atom is 0.189 e. The van der Waals surface area contributed by atoms with Crippen molar-refractivity contribution >= 4 is 33.0 Å². The van der Waals surface area contributed by atoms with Gasteiger partial charge in [-0.15, -0.1) is 0 Å². The van der Waals surface area contributed by atoms with E-state index in [0.29, 0.717) is 6.04 Å². The third-order valence-corrected chi connectivity index (χ3v) is 6.79. The maximum atomic E-state index is 4.84. The summed E-state index contributed by atoms with van der Waals surface area (Å²) in [6.45, 7) is 8.30. The van der Waals surface area contributed by atoms with Crippen molar-refractivity contribution in [1.82, 2.24) is 19.9 Å². The summed E-state index contributed by atoms with van der Waals surface area (Å²) in [7, 11) is 2.18. The van der Waals surface area contributed by atoms with Crippen LogP contribution in [0.2, 0.25) is 0 Å². The number of thiazole rings is 1. The summed E-state index contributed by atoms with van der Waals surface area (Å²) in [5.41, 5.74) is 3.88. The first-order valence-electron chi connectivity index (χ1n) is 9.74. The van der Waals surface area contributed by atoms with E-state index in [4.69, 9.17) is 9.97 Å². The number of anilines is 1. The van der Waals surface area contributed by atoms with Crippen LogP contribution in [-0.2, 0) is 0 Å². The maximum absolute atomic E-state index is 4.84. The molecule has 1 aliphatic rings.